The highest BCUT2D eigenvalue weighted by Gasteiger charge is 2.54. The molecule has 0 amide bonds. The maximum absolute atomic E-state index is 16.0. The van der Waals surface area contributed by atoms with Gasteiger partial charge in [0.25, 0.3) is 0 Å². The molecule has 0 radical (unpaired) electrons. The fourth-order valence-electron chi connectivity index (χ4n) is 5.73. The second kappa shape index (κ2) is 7.45. The zero-order chi connectivity index (χ0) is 24.5. The number of hydrogen-bond acceptors (Lipinski definition) is 2. The van der Waals surface area contributed by atoms with Crippen molar-refractivity contribution in [3.63, 3.8) is 0 Å². The summed E-state index contributed by atoms with van der Waals surface area (Å²) >= 11 is 0. The van der Waals surface area contributed by atoms with Crippen molar-refractivity contribution in [2.24, 2.45) is 0 Å². The highest BCUT2D eigenvalue weighted by molar-refractivity contribution is 6.58. The first-order chi connectivity index (χ1) is 16.1. The van der Waals surface area contributed by atoms with Gasteiger partial charge in [-0.1, -0.05) is 31.2 Å². The molecular formula is C27H27BF2N2O2. The number of rotatable bonds is 3. The van der Waals surface area contributed by atoms with Crippen molar-refractivity contribution < 1.29 is 23.3 Å². The Balaban J connectivity index is 1.66. The van der Waals surface area contributed by atoms with Gasteiger partial charge in [-0.25, -0.2) is 0 Å². The van der Waals surface area contributed by atoms with E-state index in [1.807, 2.05) is 51.1 Å². The molecule has 0 fully saturated rings. The first kappa shape index (κ1) is 22.2. The standard InChI is InChI=1S/C27H27BF2N2O2/c1-6-22-15(2)24-14-25-16(3)27(18(5)32(25)28(29,30)31(24)17(22)4)20-9-7-19(8-10-20)23-13-21(33)11-12-26(23)34/h7-14,33-34H,6H2,1-5H3. The summed E-state index contributed by atoms with van der Waals surface area (Å²) in [7, 11) is 0. The van der Waals surface area contributed by atoms with Crippen LogP contribution in [0.25, 0.3) is 28.3 Å². The van der Waals surface area contributed by atoms with Crippen LogP contribution in [-0.2, 0) is 0 Å². The number of allylic oxidation sites excluding steroid dienone is 2. The molecular weight excluding hydrogens is 433 g/mol. The van der Waals surface area contributed by atoms with Gasteiger partial charge in [-0.2, -0.15) is 0 Å². The van der Waals surface area contributed by atoms with E-state index in [-0.39, 0.29) is 11.5 Å². The number of aromatic hydroxyl groups is 2. The third kappa shape index (κ3) is 2.92. The minimum atomic E-state index is -4.03. The van der Waals surface area contributed by atoms with E-state index < -0.39 is 6.97 Å². The molecule has 3 aromatic rings. The molecule has 34 heavy (non-hydrogen) atoms. The Morgan fingerprint density at radius 1 is 0.941 bits per heavy atom. The molecule has 2 aromatic carbocycles. The molecule has 0 saturated carbocycles. The number of fused-ring (bicyclic) bond motifs is 2. The summed E-state index contributed by atoms with van der Waals surface area (Å²) < 4.78 is 34.5. The molecule has 0 spiro atoms. The van der Waals surface area contributed by atoms with Crippen LogP contribution < -0.4 is 0 Å². The van der Waals surface area contributed by atoms with Crippen molar-refractivity contribution in [2.45, 2.75) is 41.0 Å². The lowest BCUT2D eigenvalue weighted by atomic mass is 9.89. The van der Waals surface area contributed by atoms with Gasteiger partial charge >= 0.3 is 6.97 Å². The van der Waals surface area contributed by atoms with Crippen molar-refractivity contribution in [1.82, 2.24) is 4.48 Å². The predicted molar refractivity (Wildman–Crippen MR) is 133 cm³/mol. The SMILES string of the molecule is CCC1=C(C)C2=Cc3c(C)c(-c4ccc(-c5cc(O)ccc5O)cc4)c(C)n3[B-](F)(F)[N+]2=C1C. The second-order valence-corrected chi connectivity index (χ2v) is 9.15. The Morgan fingerprint density at radius 2 is 1.59 bits per heavy atom. The van der Waals surface area contributed by atoms with Crippen LogP contribution in [0.4, 0.5) is 8.63 Å². The molecule has 0 atom stereocenters. The average Bonchev–Trinajstić information content (AvgIpc) is 3.20. The van der Waals surface area contributed by atoms with Gasteiger partial charge in [0, 0.05) is 41.0 Å². The molecule has 3 heterocycles. The second-order valence-electron chi connectivity index (χ2n) is 9.15. The van der Waals surface area contributed by atoms with Gasteiger partial charge < -0.3 is 27.8 Å². The maximum Gasteiger partial charge on any atom is 0.737 e. The van der Waals surface area contributed by atoms with Gasteiger partial charge in [0.1, 0.15) is 17.2 Å². The number of phenols is 2. The molecule has 174 valence electrons. The summed E-state index contributed by atoms with van der Waals surface area (Å²) in [5.74, 6) is 0.123. The lowest BCUT2D eigenvalue weighted by Crippen LogP contribution is -2.50. The van der Waals surface area contributed by atoms with Crippen LogP contribution >= 0.6 is 0 Å². The van der Waals surface area contributed by atoms with E-state index in [1.165, 1.54) is 27.2 Å². The molecule has 0 unspecified atom stereocenters. The quantitative estimate of drug-likeness (QED) is 0.340. The number of nitrogens with zero attached hydrogens (tertiary/aromatic N) is 2. The molecule has 1 aromatic heterocycles. The molecule has 0 saturated heterocycles. The van der Waals surface area contributed by atoms with Crippen LogP contribution in [0, 0.1) is 13.8 Å². The third-order valence-corrected chi connectivity index (χ3v) is 7.35. The maximum atomic E-state index is 16.0. The largest absolute Gasteiger partial charge is 0.737 e. The van der Waals surface area contributed by atoms with E-state index in [4.69, 9.17) is 0 Å². The highest BCUT2D eigenvalue weighted by atomic mass is 19.2. The smallest absolute Gasteiger partial charge is 0.508 e. The van der Waals surface area contributed by atoms with E-state index in [1.54, 1.807) is 13.8 Å². The lowest BCUT2D eigenvalue weighted by Gasteiger charge is -2.30. The number of hydrogen-bond donors (Lipinski definition) is 2. The highest BCUT2D eigenvalue weighted by Crippen LogP contribution is 2.43. The summed E-state index contributed by atoms with van der Waals surface area (Å²) in [5.41, 5.74) is 7.86. The molecule has 2 aliphatic rings. The monoisotopic (exact) mass is 460 g/mol. The summed E-state index contributed by atoms with van der Waals surface area (Å²) in [4.78, 5) is 0. The minimum Gasteiger partial charge on any atom is -0.508 e. The van der Waals surface area contributed by atoms with Crippen molar-refractivity contribution >= 4 is 18.8 Å². The van der Waals surface area contributed by atoms with Gasteiger partial charge in [0.15, 0.2) is 5.70 Å². The lowest BCUT2D eigenvalue weighted by molar-refractivity contribution is -0.363. The van der Waals surface area contributed by atoms with Gasteiger partial charge in [-0.15, -0.1) is 0 Å². The van der Waals surface area contributed by atoms with Crippen molar-refractivity contribution in [1.29, 1.82) is 0 Å². The van der Waals surface area contributed by atoms with E-state index >= 15 is 8.63 Å². The zero-order valence-corrected chi connectivity index (χ0v) is 19.9. The average molecular weight is 460 g/mol. The normalized spacial score (nSPS) is 16.6. The molecule has 4 nitrogen and oxygen atoms in total. The van der Waals surface area contributed by atoms with Gasteiger partial charge in [-0.3, -0.25) is 0 Å². The summed E-state index contributed by atoms with van der Waals surface area (Å²) in [6.07, 6.45) is 2.61. The number of aromatic nitrogens is 1. The third-order valence-electron chi connectivity index (χ3n) is 7.35. The first-order valence-electron chi connectivity index (χ1n) is 11.5. The van der Waals surface area contributed by atoms with Crippen LogP contribution in [0.3, 0.4) is 0 Å². The van der Waals surface area contributed by atoms with Gasteiger partial charge in [0.2, 0.25) is 0 Å². The number of halogens is 2. The van der Waals surface area contributed by atoms with E-state index in [9.17, 15) is 10.2 Å². The van der Waals surface area contributed by atoms with Crippen LogP contribution in [0.2, 0.25) is 0 Å². The topological polar surface area (TPSA) is 48.4 Å². The molecule has 2 aliphatic heterocycles. The van der Waals surface area contributed by atoms with Crippen molar-refractivity contribution in [3.05, 3.63) is 76.3 Å². The Kier molecular flexibility index (Phi) is 4.87. The number of benzene rings is 2. The fourth-order valence-corrected chi connectivity index (χ4v) is 5.73. The Bertz CT molecular complexity index is 1460. The van der Waals surface area contributed by atoms with Crippen LogP contribution in [0.1, 0.15) is 44.1 Å². The number of phenolic OH excluding ortho intramolecular Hbond substituents is 2. The Labute approximate surface area is 197 Å². The van der Waals surface area contributed by atoms with E-state index in [0.717, 1.165) is 39.8 Å². The Hall–Kier alpha value is -3.61. The van der Waals surface area contributed by atoms with Gasteiger partial charge in [0.05, 0.1) is 0 Å². The van der Waals surface area contributed by atoms with Gasteiger partial charge in [-0.05, 0) is 67.8 Å². The summed E-state index contributed by atoms with van der Waals surface area (Å²) in [5, 5.41) is 20.0. The van der Waals surface area contributed by atoms with E-state index in [0.29, 0.717) is 28.4 Å². The van der Waals surface area contributed by atoms with Crippen molar-refractivity contribution in [3.8, 4) is 33.8 Å². The van der Waals surface area contributed by atoms with Crippen molar-refractivity contribution in [2.75, 3.05) is 0 Å². The zero-order valence-electron chi connectivity index (χ0n) is 19.9. The molecule has 2 N–H and O–H groups in total. The molecule has 0 bridgehead atoms. The Morgan fingerprint density at radius 3 is 2.24 bits per heavy atom. The van der Waals surface area contributed by atoms with E-state index in [2.05, 4.69) is 0 Å². The molecule has 5 rings (SSSR count). The van der Waals surface area contributed by atoms with Crippen LogP contribution in [0.5, 0.6) is 11.5 Å². The minimum absolute atomic E-state index is 0.0596. The fraction of sp³-hybridized carbons (Fsp3) is 0.222. The van der Waals surface area contributed by atoms with Crippen LogP contribution in [0.15, 0.2) is 59.3 Å². The predicted octanol–water partition coefficient (Wildman–Crippen LogP) is 6.64. The first-order valence-corrected chi connectivity index (χ1v) is 11.5. The summed E-state index contributed by atoms with van der Waals surface area (Å²) in [6.45, 7) is 5.33. The molecule has 7 heteroatoms. The molecule has 0 aliphatic carbocycles. The van der Waals surface area contributed by atoms with Crippen LogP contribution in [-0.4, -0.2) is 31.9 Å². The summed E-state index contributed by atoms with van der Waals surface area (Å²) in [6, 6.07) is 11.8.